The third kappa shape index (κ3) is 2.76. The van der Waals surface area contributed by atoms with E-state index in [0.29, 0.717) is 0 Å². The molecule has 0 saturated carbocycles. The highest BCUT2D eigenvalue weighted by atomic mass is 16.3. The summed E-state index contributed by atoms with van der Waals surface area (Å²) in [5.74, 6) is 0. The van der Waals surface area contributed by atoms with Gasteiger partial charge in [-0.25, -0.2) is 0 Å². The first kappa shape index (κ1) is 10.2. The normalized spacial score (nSPS) is 13.8. The minimum atomic E-state index is -0.558. The zero-order chi connectivity index (χ0) is 8.91. The molecule has 0 aliphatic carbocycles. The van der Waals surface area contributed by atoms with E-state index >= 15 is 0 Å². The largest absolute Gasteiger partial charge is 0.396 e. The molecule has 11 heavy (non-hydrogen) atoms. The maximum atomic E-state index is 8.83. The fraction of sp³-hybridized carbons (Fsp3) is 1.00. The van der Waals surface area contributed by atoms with Crippen molar-refractivity contribution in [1.82, 2.24) is 0 Å². The Morgan fingerprint density at radius 1 is 1.55 bits per heavy atom. The molecule has 1 unspecified atom stereocenters. The number of aliphatic hydroxyl groups is 2. The number of nitrogens with zero attached hydrogens (tertiary/aromatic N) is 3. The van der Waals surface area contributed by atoms with Crippen molar-refractivity contribution in [3.8, 4) is 0 Å². The maximum Gasteiger partial charge on any atom is 0.0678 e. The van der Waals surface area contributed by atoms with Gasteiger partial charge in [0, 0.05) is 11.5 Å². The molecule has 0 bridgehead atoms. The van der Waals surface area contributed by atoms with E-state index in [2.05, 4.69) is 10.0 Å². The van der Waals surface area contributed by atoms with Gasteiger partial charge < -0.3 is 10.2 Å². The third-order valence-electron chi connectivity index (χ3n) is 1.67. The smallest absolute Gasteiger partial charge is 0.0678 e. The maximum absolute atomic E-state index is 8.83. The molecule has 0 aromatic heterocycles. The highest BCUT2D eigenvalue weighted by Crippen LogP contribution is 2.22. The van der Waals surface area contributed by atoms with Crippen LogP contribution in [0.15, 0.2) is 5.11 Å². The summed E-state index contributed by atoms with van der Waals surface area (Å²) in [6.45, 7) is 3.10. The van der Waals surface area contributed by atoms with Crippen LogP contribution in [0.5, 0.6) is 0 Å². The monoisotopic (exact) mass is 159 g/mol. The zero-order valence-corrected chi connectivity index (χ0v) is 6.73. The summed E-state index contributed by atoms with van der Waals surface area (Å²) in [5, 5.41) is 20.9. The third-order valence-corrected chi connectivity index (χ3v) is 1.67. The first-order chi connectivity index (χ1) is 5.08. The molecule has 5 heteroatoms. The molecule has 64 valence electrons. The van der Waals surface area contributed by atoms with Gasteiger partial charge in [0.2, 0.25) is 0 Å². The van der Waals surface area contributed by atoms with Crippen LogP contribution < -0.4 is 0 Å². The van der Waals surface area contributed by atoms with Crippen molar-refractivity contribution in [2.45, 2.75) is 19.9 Å². The Bertz CT molecular complexity index is 163. The molecule has 0 aromatic carbocycles. The number of hydrogen-bond donors (Lipinski definition) is 2. The molecule has 0 heterocycles. The van der Waals surface area contributed by atoms with Gasteiger partial charge in [-0.3, -0.25) is 0 Å². The minimum absolute atomic E-state index is 0.114. The molecule has 0 amide bonds. The first-order valence-electron chi connectivity index (χ1n) is 3.34. The quantitative estimate of drug-likeness (QED) is 0.358. The van der Waals surface area contributed by atoms with Gasteiger partial charge in [-0.2, -0.15) is 0 Å². The van der Waals surface area contributed by atoms with Crippen LogP contribution in [0, 0.1) is 5.41 Å². The number of rotatable bonds is 4. The molecule has 0 spiro atoms. The number of aliphatic hydroxyl groups excluding tert-OH is 2. The highest BCUT2D eigenvalue weighted by molar-refractivity contribution is 4.83. The van der Waals surface area contributed by atoms with E-state index < -0.39 is 11.5 Å². The van der Waals surface area contributed by atoms with Crippen LogP contribution in [0.4, 0.5) is 0 Å². The van der Waals surface area contributed by atoms with Gasteiger partial charge in [-0.1, -0.05) is 19.0 Å². The van der Waals surface area contributed by atoms with Crippen LogP contribution in [0.1, 0.15) is 13.8 Å². The average Bonchev–Trinajstić information content (AvgIpc) is 2.00. The van der Waals surface area contributed by atoms with Gasteiger partial charge in [-0.15, -0.1) is 0 Å². The highest BCUT2D eigenvalue weighted by Gasteiger charge is 2.26. The molecular weight excluding hydrogens is 146 g/mol. The van der Waals surface area contributed by atoms with E-state index in [9.17, 15) is 0 Å². The Balaban J connectivity index is 4.34. The van der Waals surface area contributed by atoms with Gasteiger partial charge >= 0.3 is 0 Å². The molecule has 0 radical (unpaired) electrons. The summed E-state index contributed by atoms with van der Waals surface area (Å²) in [4.78, 5) is 2.57. The van der Waals surface area contributed by atoms with E-state index in [1.165, 1.54) is 0 Å². The first-order valence-corrected chi connectivity index (χ1v) is 3.34. The molecular formula is C6H13N3O2. The van der Waals surface area contributed by atoms with Crippen LogP contribution in [-0.4, -0.2) is 29.5 Å². The van der Waals surface area contributed by atoms with Crippen LogP contribution in [0.2, 0.25) is 0 Å². The van der Waals surface area contributed by atoms with Crippen molar-refractivity contribution in [2.75, 3.05) is 13.2 Å². The predicted octanol–water partition coefficient (Wildman–Crippen LogP) is 0.676. The van der Waals surface area contributed by atoms with E-state index in [1.54, 1.807) is 13.8 Å². The number of hydrogen-bond acceptors (Lipinski definition) is 3. The summed E-state index contributed by atoms with van der Waals surface area (Å²) >= 11 is 0. The Morgan fingerprint density at radius 2 is 2.09 bits per heavy atom. The second-order valence-corrected chi connectivity index (χ2v) is 3.05. The Labute approximate surface area is 65.3 Å². The summed E-state index contributed by atoms with van der Waals surface area (Å²) in [5.41, 5.74) is 7.54. The fourth-order valence-corrected chi connectivity index (χ4v) is 0.608. The lowest BCUT2D eigenvalue weighted by Crippen LogP contribution is -2.33. The van der Waals surface area contributed by atoms with Crippen LogP contribution >= 0.6 is 0 Å². The summed E-state index contributed by atoms with van der Waals surface area (Å²) in [6, 6.07) is -0.558. The molecule has 0 aliphatic rings. The Kier molecular flexibility index (Phi) is 3.89. The van der Waals surface area contributed by atoms with Crippen molar-refractivity contribution in [3.63, 3.8) is 0 Å². The second-order valence-electron chi connectivity index (χ2n) is 3.05. The predicted molar refractivity (Wildman–Crippen MR) is 40.9 cm³/mol. The van der Waals surface area contributed by atoms with Crippen molar-refractivity contribution >= 4 is 0 Å². The molecule has 2 N–H and O–H groups in total. The summed E-state index contributed by atoms with van der Waals surface area (Å²) < 4.78 is 0. The SMILES string of the molecule is CC(C)(CO)C(CO)N=[N+]=[N-]. The number of azide groups is 1. The van der Waals surface area contributed by atoms with E-state index in [0.717, 1.165) is 0 Å². The van der Waals surface area contributed by atoms with Gasteiger partial charge in [0.1, 0.15) is 0 Å². The summed E-state index contributed by atoms with van der Waals surface area (Å²) in [7, 11) is 0. The van der Waals surface area contributed by atoms with Crippen LogP contribution in [-0.2, 0) is 0 Å². The standard InChI is InChI=1S/C6H13N3O2/c1-6(2,4-11)5(3-10)8-9-7/h5,10-11H,3-4H2,1-2H3. The fourth-order valence-electron chi connectivity index (χ4n) is 0.608. The van der Waals surface area contributed by atoms with E-state index in [4.69, 9.17) is 15.7 Å². The van der Waals surface area contributed by atoms with Gasteiger partial charge in [0.15, 0.2) is 0 Å². The van der Waals surface area contributed by atoms with E-state index in [-0.39, 0.29) is 13.2 Å². The van der Waals surface area contributed by atoms with Crippen LogP contribution in [0.25, 0.3) is 10.4 Å². The molecule has 0 saturated heterocycles. The average molecular weight is 159 g/mol. The van der Waals surface area contributed by atoms with Crippen molar-refractivity contribution in [1.29, 1.82) is 0 Å². The molecule has 1 atom stereocenters. The second kappa shape index (κ2) is 4.18. The van der Waals surface area contributed by atoms with Gasteiger partial charge in [-0.05, 0) is 10.9 Å². The zero-order valence-electron chi connectivity index (χ0n) is 6.73. The lowest BCUT2D eigenvalue weighted by atomic mass is 9.86. The lowest BCUT2D eigenvalue weighted by Gasteiger charge is -2.26. The van der Waals surface area contributed by atoms with Crippen molar-refractivity contribution < 1.29 is 10.2 Å². The summed E-state index contributed by atoms with van der Waals surface area (Å²) in [6.07, 6.45) is 0. The van der Waals surface area contributed by atoms with Gasteiger partial charge in [0.25, 0.3) is 0 Å². The molecule has 0 rings (SSSR count). The molecule has 0 fully saturated rings. The molecule has 0 aliphatic heterocycles. The van der Waals surface area contributed by atoms with Crippen LogP contribution in [0.3, 0.4) is 0 Å². The Morgan fingerprint density at radius 3 is 2.36 bits per heavy atom. The molecule has 5 nitrogen and oxygen atoms in total. The lowest BCUT2D eigenvalue weighted by molar-refractivity contribution is 0.0989. The topological polar surface area (TPSA) is 89.2 Å². The molecule has 0 aromatic rings. The van der Waals surface area contributed by atoms with Gasteiger partial charge in [0.05, 0.1) is 12.6 Å². The Hall–Kier alpha value is -0.770. The van der Waals surface area contributed by atoms with Crippen molar-refractivity contribution in [3.05, 3.63) is 10.4 Å². The minimum Gasteiger partial charge on any atom is -0.396 e. The van der Waals surface area contributed by atoms with E-state index in [1.807, 2.05) is 0 Å². The van der Waals surface area contributed by atoms with Crippen molar-refractivity contribution in [2.24, 2.45) is 10.5 Å².